The van der Waals surface area contributed by atoms with E-state index >= 15 is 0 Å². The normalized spacial score (nSPS) is 20.2. The Bertz CT molecular complexity index is 613. The Morgan fingerprint density at radius 3 is 2.76 bits per heavy atom. The van der Waals surface area contributed by atoms with Crippen molar-refractivity contribution in [1.82, 2.24) is 10.2 Å². The Labute approximate surface area is 126 Å². The lowest BCUT2D eigenvalue weighted by Crippen LogP contribution is -2.46. The van der Waals surface area contributed by atoms with Gasteiger partial charge in [0.15, 0.2) is 9.84 Å². The van der Waals surface area contributed by atoms with Crippen LogP contribution in [0.4, 0.5) is 4.79 Å². The topological polar surface area (TPSA) is 66.5 Å². The molecule has 1 fully saturated rings. The van der Waals surface area contributed by atoms with Gasteiger partial charge in [-0.25, -0.2) is 13.2 Å². The second-order valence-electron chi connectivity index (χ2n) is 5.49. The number of aryl methyl sites for hydroxylation is 1. The van der Waals surface area contributed by atoms with Crippen molar-refractivity contribution in [2.45, 2.75) is 32.9 Å². The number of urea groups is 1. The van der Waals surface area contributed by atoms with Crippen molar-refractivity contribution in [2.75, 3.05) is 18.1 Å². The maximum atomic E-state index is 12.3. The van der Waals surface area contributed by atoms with Gasteiger partial charge < -0.3 is 10.2 Å². The number of nitrogens with zero attached hydrogens (tertiary/aromatic N) is 1. The third kappa shape index (κ3) is 4.20. The van der Waals surface area contributed by atoms with Crippen LogP contribution in [-0.2, 0) is 16.4 Å². The van der Waals surface area contributed by atoms with E-state index in [0.717, 1.165) is 11.1 Å². The summed E-state index contributed by atoms with van der Waals surface area (Å²) < 4.78 is 23.1. The minimum absolute atomic E-state index is 0.0820. The maximum Gasteiger partial charge on any atom is 0.317 e. The molecule has 0 radical (unpaired) electrons. The highest BCUT2D eigenvalue weighted by Gasteiger charge is 2.33. The molecule has 0 aliphatic carbocycles. The van der Waals surface area contributed by atoms with E-state index in [1.54, 1.807) is 4.90 Å². The van der Waals surface area contributed by atoms with E-state index in [9.17, 15) is 13.2 Å². The first kappa shape index (κ1) is 15.8. The summed E-state index contributed by atoms with van der Waals surface area (Å²) in [7, 11) is -2.98. The average Bonchev–Trinajstić information content (AvgIpc) is 2.77. The van der Waals surface area contributed by atoms with Gasteiger partial charge in [0.2, 0.25) is 0 Å². The van der Waals surface area contributed by atoms with Crippen LogP contribution in [0.3, 0.4) is 0 Å². The predicted octanol–water partition coefficient (Wildman–Crippen LogP) is 1.71. The Hall–Kier alpha value is -1.56. The highest BCUT2D eigenvalue weighted by molar-refractivity contribution is 7.91. The zero-order chi connectivity index (χ0) is 15.5. The third-order valence-electron chi connectivity index (χ3n) is 3.78. The second-order valence-corrected chi connectivity index (χ2v) is 7.72. The minimum atomic E-state index is -2.98. The van der Waals surface area contributed by atoms with E-state index in [4.69, 9.17) is 0 Å². The van der Waals surface area contributed by atoms with Crippen molar-refractivity contribution in [1.29, 1.82) is 0 Å². The summed E-state index contributed by atoms with van der Waals surface area (Å²) in [5.41, 5.74) is 2.19. The molecular formula is C15H22N2O3S. The fourth-order valence-electron chi connectivity index (χ4n) is 2.69. The minimum Gasteiger partial charge on any atom is -0.334 e. The SMILES string of the molecule is CCN(C(=O)NCc1cccc(C)c1)C1CCS(=O)(=O)C1. The lowest BCUT2D eigenvalue weighted by molar-refractivity contribution is 0.183. The first-order valence-corrected chi connectivity index (χ1v) is 9.04. The van der Waals surface area contributed by atoms with Crippen LogP contribution in [0.25, 0.3) is 0 Å². The van der Waals surface area contributed by atoms with Crippen molar-refractivity contribution in [3.63, 3.8) is 0 Å². The van der Waals surface area contributed by atoms with E-state index in [0.29, 0.717) is 19.5 Å². The molecule has 1 atom stereocenters. The molecule has 5 nitrogen and oxygen atoms in total. The molecule has 0 bridgehead atoms. The summed E-state index contributed by atoms with van der Waals surface area (Å²) in [5.74, 6) is 0.262. The summed E-state index contributed by atoms with van der Waals surface area (Å²) in [6.07, 6.45) is 0.536. The van der Waals surface area contributed by atoms with Gasteiger partial charge in [-0.1, -0.05) is 29.8 Å². The summed E-state index contributed by atoms with van der Waals surface area (Å²) in [6.45, 7) is 4.85. The van der Waals surface area contributed by atoms with Gasteiger partial charge in [0.25, 0.3) is 0 Å². The molecule has 0 aromatic heterocycles. The van der Waals surface area contributed by atoms with Crippen LogP contribution in [0.2, 0.25) is 0 Å². The molecule has 1 saturated heterocycles. The van der Waals surface area contributed by atoms with Gasteiger partial charge in [-0.15, -0.1) is 0 Å². The third-order valence-corrected chi connectivity index (χ3v) is 5.53. The standard InChI is InChI=1S/C15H22N2O3S/c1-3-17(14-7-8-21(19,20)11-14)15(18)16-10-13-6-4-5-12(2)9-13/h4-6,9,14H,3,7-8,10-11H2,1-2H3,(H,16,18). The average molecular weight is 310 g/mol. The second kappa shape index (κ2) is 6.47. The number of hydrogen-bond acceptors (Lipinski definition) is 3. The largest absolute Gasteiger partial charge is 0.334 e. The quantitative estimate of drug-likeness (QED) is 0.920. The summed E-state index contributed by atoms with van der Waals surface area (Å²) in [5, 5.41) is 2.87. The van der Waals surface area contributed by atoms with Gasteiger partial charge >= 0.3 is 6.03 Å². The van der Waals surface area contributed by atoms with Gasteiger partial charge in [-0.2, -0.15) is 0 Å². The molecule has 0 saturated carbocycles. The molecular weight excluding hydrogens is 288 g/mol. The molecule has 21 heavy (non-hydrogen) atoms. The van der Waals surface area contributed by atoms with E-state index < -0.39 is 9.84 Å². The van der Waals surface area contributed by atoms with Crippen LogP contribution in [0.5, 0.6) is 0 Å². The van der Waals surface area contributed by atoms with Gasteiger partial charge in [0.05, 0.1) is 11.5 Å². The number of sulfone groups is 1. The van der Waals surface area contributed by atoms with Gasteiger partial charge in [0.1, 0.15) is 0 Å². The molecule has 6 heteroatoms. The fraction of sp³-hybridized carbons (Fsp3) is 0.533. The Kier molecular flexibility index (Phi) is 4.88. The maximum absolute atomic E-state index is 12.3. The lowest BCUT2D eigenvalue weighted by atomic mass is 10.1. The number of carbonyl (C=O) groups excluding carboxylic acids is 1. The summed E-state index contributed by atoms with van der Waals surface area (Å²) >= 11 is 0. The highest BCUT2D eigenvalue weighted by atomic mass is 32.2. The number of amides is 2. The summed E-state index contributed by atoms with van der Waals surface area (Å²) in [4.78, 5) is 13.9. The number of nitrogens with one attached hydrogen (secondary N) is 1. The molecule has 116 valence electrons. The molecule has 1 heterocycles. The molecule has 1 N–H and O–H groups in total. The van der Waals surface area contributed by atoms with Crippen molar-refractivity contribution < 1.29 is 13.2 Å². The molecule has 1 unspecified atom stereocenters. The first-order valence-electron chi connectivity index (χ1n) is 7.21. The highest BCUT2D eigenvalue weighted by Crippen LogP contribution is 2.17. The smallest absolute Gasteiger partial charge is 0.317 e. The van der Waals surface area contributed by atoms with E-state index in [1.165, 1.54) is 0 Å². The van der Waals surface area contributed by atoms with Crippen molar-refractivity contribution in [2.24, 2.45) is 0 Å². The summed E-state index contributed by atoms with van der Waals surface area (Å²) in [6, 6.07) is 7.56. The molecule has 2 amide bonds. The molecule has 1 aromatic rings. The molecule has 1 aliphatic rings. The predicted molar refractivity (Wildman–Crippen MR) is 82.9 cm³/mol. The van der Waals surface area contributed by atoms with Crippen LogP contribution in [0.1, 0.15) is 24.5 Å². The van der Waals surface area contributed by atoms with E-state index in [2.05, 4.69) is 5.32 Å². The zero-order valence-corrected chi connectivity index (χ0v) is 13.3. The molecule has 2 rings (SSSR count). The first-order chi connectivity index (χ1) is 9.91. The van der Waals surface area contributed by atoms with E-state index in [-0.39, 0.29) is 23.6 Å². The number of hydrogen-bond donors (Lipinski definition) is 1. The van der Waals surface area contributed by atoms with Crippen LogP contribution >= 0.6 is 0 Å². The van der Waals surface area contributed by atoms with Crippen molar-refractivity contribution in [3.8, 4) is 0 Å². The van der Waals surface area contributed by atoms with Gasteiger partial charge in [-0.05, 0) is 25.8 Å². The van der Waals surface area contributed by atoms with Crippen LogP contribution in [-0.4, -0.2) is 43.4 Å². The number of benzene rings is 1. The van der Waals surface area contributed by atoms with Crippen LogP contribution in [0.15, 0.2) is 24.3 Å². The van der Waals surface area contributed by atoms with E-state index in [1.807, 2.05) is 38.1 Å². The van der Waals surface area contributed by atoms with Crippen molar-refractivity contribution >= 4 is 15.9 Å². The Balaban J connectivity index is 1.95. The fourth-order valence-corrected chi connectivity index (χ4v) is 4.42. The van der Waals surface area contributed by atoms with Gasteiger partial charge in [-0.3, -0.25) is 0 Å². The Morgan fingerprint density at radius 2 is 2.19 bits per heavy atom. The lowest BCUT2D eigenvalue weighted by Gasteiger charge is -2.27. The molecule has 1 aromatic carbocycles. The van der Waals surface area contributed by atoms with Crippen LogP contribution in [0, 0.1) is 6.92 Å². The molecule has 0 spiro atoms. The van der Waals surface area contributed by atoms with Crippen LogP contribution < -0.4 is 5.32 Å². The zero-order valence-electron chi connectivity index (χ0n) is 12.5. The number of carbonyl (C=O) groups is 1. The van der Waals surface area contributed by atoms with Gasteiger partial charge in [0, 0.05) is 19.1 Å². The monoisotopic (exact) mass is 310 g/mol. The Morgan fingerprint density at radius 1 is 1.43 bits per heavy atom. The van der Waals surface area contributed by atoms with Crippen molar-refractivity contribution in [3.05, 3.63) is 35.4 Å². The molecule has 1 aliphatic heterocycles. The number of rotatable bonds is 4.